The van der Waals surface area contributed by atoms with E-state index in [0.717, 1.165) is 21.9 Å². The molecule has 0 saturated carbocycles. The first-order valence-electron chi connectivity index (χ1n) is 25.5. The average molecular weight is 990 g/mol. The van der Waals surface area contributed by atoms with Crippen LogP contribution in [0.3, 0.4) is 0 Å². The van der Waals surface area contributed by atoms with Crippen LogP contribution in [0.5, 0.6) is 11.5 Å². The molecule has 8 aromatic carbocycles. The van der Waals surface area contributed by atoms with E-state index < -0.39 is 66.8 Å². The number of aryl methyl sites for hydroxylation is 1. The fourth-order valence-corrected chi connectivity index (χ4v) is 7.90. The number of para-hydroxylation sites is 4. The minimum atomic E-state index is -1.71. The Morgan fingerprint density at radius 3 is 2.03 bits per heavy atom. The number of rotatable bonds is 9. The zero-order valence-electron chi connectivity index (χ0n) is 44.8. The molecule has 62 heavy (non-hydrogen) atoms. The largest absolute Gasteiger partial charge is 0.510 e. The summed E-state index contributed by atoms with van der Waals surface area (Å²) in [7, 11) is 0. The third-order valence-corrected chi connectivity index (χ3v) is 10.6. The van der Waals surface area contributed by atoms with Gasteiger partial charge in [0, 0.05) is 52.6 Å². The van der Waals surface area contributed by atoms with Crippen molar-refractivity contribution in [1.82, 2.24) is 14.1 Å². The van der Waals surface area contributed by atoms with Crippen molar-refractivity contribution in [2.45, 2.75) is 13.3 Å². The molecule has 3 aromatic heterocycles. The quantitative estimate of drug-likeness (QED) is 0.107. The molecule has 0 fully saturated rings. The molecule has 3 heterocycles. The number of hydrogen-bond donors (Lipinski definition) is 0. The van der Waals surface area contributed by atoms with Gasteiger partial charge in [-0.15, -0.1) is 29.7 Å². The third-order valence-electron chi connectivity index (χ3n) is 10.6. The van der Waals surface area contributed by atoms with Crippen LogP contribution in [0.2, 0.25) is 0 Å². The van der Waals surface area contributed by atoms with Crippen molar-refractivity contribution >= 4 is 32.8 Å². The topological polar surface area (TPSA) is 35.9 Å². The zero-order valence-corrected chi connectivity index (χ0v) is 35.1. The maximum atomic E-state index is 9.01. The molecule has 0 spiro atoms. The summed E-state index contributed by atoms with van der Waals surface area (Å²) < 4.78 is 116. The van der Waals surface area contributed by atoms with E-state index in [-0.39, 0.29) is 49.0 Å². The molecule has 0 saturated heterocycles. The summed E-state index contributed by atoms with van der Waals surface area (Å²) in [5.41, 5.74) is 5.13. The van der Waals surface area contributed by atoms with Crippen LogP contribution in [0.1, 0.15) is 28.9 Å². The van der Waals surface area contributed by atoms with E-state index in [1.165, 1.54) is 6.92 Å². The number of pyridine rings is 1. The minimum Gasteiger partial charge on any atom is -0.510 e. The van der Waals surface area contributed by atoms with Gasteiger partial charge in [-0.3, -0.25) is 4.57 Å². The number of imidazole rings is 1. The monoisotopic (exact) mass is 989 g/mol. The molecule has 300 valence electrons. The summed E-state index contributed by atoms with van der Waals surface area (Å²) in [6, 6.07) is 41.6. The second kappa shape index (κ2) is 16.6. The molecule has 0 unspecified atom stereocenters. The molecule has 0 aliphatic rings. The van der Waals surface area contributed by atoms with Gasteiger partial charge in [-0.2, -0.15) is 18.2 Å². The van der Waals surface area contributed by atoms with Gasteiger partial charge in [0.2, 0.25) is 0 Å². The standard InChI is InChI=1S/C56H38N4O.Pt/c1-2-39-34-55(57-37-50(39)42-22-10-5-11-23-42)60-51-29-13-12-26-48(51)49-33-32-45(36-54(49)60)61-44-25-16-24-43(35-44)58-38-59(53-31-15-14-30-52(53)58)56-46(40-18-6-3-7-19-40)27-17-28-47(56)41-20-8-4-9-21-41;/h3-34,37H,2H2,1H3;/q-2;/i2D2,3D,4D,6D,7D,8D,9D,18D,19D,20D,21D;. The predicted octanol–water partition coefficient (Wildman–Crippen LogP) is 13.2. The number of benzene rings is 8. The number of aromatic nitrogens is 4. The van der Waals surface area contributed by atoms with Crippen molar-refractivity contribution in [3.8, 4) is 62.1 Å². The fourth-order valence-electron chi connectivity index (χ4n) is 7.90. The Kier molecular flexibility index (Phi) is 7.37. The first kappa shape index (κ1) is 27.5. The van der Waals surface area contributed by atoms with Gasteiger partial charge in [0.1, 0.15) is 5.82 Å². The van der Waals surface area contributed by atoms with Crippen LogP contribution >= 0.6 is 0 Å². The van der Waals surface area contributed by atoms with Crippen molar-refractivity contribution in [3.63, 3.8) is 0 Å². The van der Waals surface area contributed by atoms with Crippen LogP contribution in [-0.2, 0) is 27.4 Å². The first-order valence-corrected chi connectivity index (χ1v) is 19.5. The Morgan fingerprint density at radius 1 is 0.629 bits per heavy atom. The van der Waals surface area contributed by atoms with Gasteiger partial charge in [0.15, 0.2) is 0 Å². The van der Waals surface area contributed by atoms with Crippen LogP contribution < -0.4 is 9.30 Å². The van der Waals surface area contributed by atoms with E-state index in [4.69, 9.17) is 26.2 Å². The molecule has 0 aliphatic heterocycles. The van der Waals surface area contributed by atoms with Gasteiger partial charge >= 0.3 is 0 Å². The molecule has 0 atom stereocenters. The molecule has 11 aromatic rings. The third kappa shape index (κ3) is 6.91. The number of ether oxygens (including phenoxy) is 1. The number of hydrogen-bond acceptors (Lipinski definition) is 2. The Labute approximate surface area is 391 Å². The summed E-state index contributed by atoms with van der Waals surface area (Å²) in [5, 5.41) is 1.82. The van der Waals surface area contributed by atoms with Gasteiger partial charge in [0.25, 0.3) is 6.33 Å². The van der Waals surface area contributed by atoms with Crippen LogP contribution in [0.15, 0.2) is 200 Å². The van der Waals surface area contributed by atoms with Crippen LogP contribution in [-0.4, -0.2) is 14.1 Å². The Morgan fingerprint density at radius 2 is 1.29 bits per heavy atom. The van der Waals surface area contributed by atoms with Crippen molar-refractivity contribution in [1.29, 1.82) is 0 Å². The molecule has 11 rings (SSSR count). The Balaban J connectivity index is 0.00000626. The van der Waals surface area contributed by atoms with Crippen molar-refractivity contribution in [2.24, 2.45) is 0 Å². The summed E-state index contributed by atoms with van der Waals surface area (Å²) in [4.78, 5) is 4.90. The van der Waals surface area contributed by atoms with E-state index in [0.29, 0.717) is 50.7 Å². The van der Waals surface area contributed by atoms with Crippen molar-refractivity contribution in [3.05, 3.63) is 224 Å². The van der Waals surface area contributed by atoms with Crippen molar-refractivity contribution in [2.75, 3.05) is 0 Å². The summed E-state index contributed by atoms with van der Waals surface area (Å²) in [6.45, 7) is 1.53. The van der Waals surface area contributed by atoms with E-state index in [9.17, 15) is 0 Å². The molecule has 0 aliphatic carbocycles. The van der Waals surface area contributed by atoms with E-state index in [2.05, 4.69) is 18.5 Å². The normalized spacial score (nSPS) is 14.2. The first-order chi connectivity index (χ1) is 35.0. The van der Waals surface area contributed by atoms with Gasteiger partial charge < -0.3 is 13.9 Å². The second-order valence-corrected chi connectivity index (χ2v) is 14.1. The fraction of sp³-hybridized carbons (Fsp3) is 0.0357. The van der Waals surface area contributed by atoms with E-state index in [1.54, 1.807) is 69.9 Å². The van der Waals surface area contributed by atoms with Gasteiger partial charge in [-0.25, -0.2) is 4.98 Å². The molecule has 5 nitrogen and oxygen atoms in total. The molecule has 0 N–H and O–H groups in total. The van der Waals surface area contributed by atoms with E-state index in [1.807, 2.05) is 83.4 Å². The number of nitrogens with zero attached hydrogens (tertiary/aromatic N) is 4. The molecule has 6 heteroatoms. The van der Waals surface area contributed by atoms with Crippen LogP contribution in [0.4, 0.5) is 0 Å². The summed E-state index contributed by atoms with van der Waals surface area (Å²) in [5.74, 6) is 1.16. The second-order valence-electron chi connectivity index (χ2n) is 14.1. The summed E-state index contributed by atoms with van der Waals surface area (Å²) in [6.07, 6.45) is 3.38. The van der Waals surface area contributed by atoms with Gasteiger partial charge in [-0.1, -0.05) is 164 Å². The van der Waals surface area contributed by atoms with Gasteiger partial charge in [0.05, 0.1) is 30.4 Å². The molecule has 0 radical (unpaired) electrons. The smallest absolute Gasteiger partial charge is 0.268 e. The van der Waals surface area contributed by atoms with Crippen LogP contribution in [0, 0.1) is 18.5 Å². The molecule has 0 bridgehead atoms. The maximum Gasteiger partial charge on any atom is 0.268 e. The van der Waals surface area contributed by atoms with Gasteiger partial charge in [-0.05, 0) is 63.0 Å². The Bertz CT molecular complexity index is 3930. The SMILES string of the molecule is [2H]c1c([2H])c([2H])c(-c2cccc(-c3c([2H])c([2H])c([2H])c([2H])c3[2H])c2-[n+]2[c-]n(-c3[c-]c(Oc4[c-]c5c(cc4)c4ccccc4n5-c4cc(C([2H])([2H])C)c(-c5ccccc5)cn4)ccc3)c3ccccc32)c([2H])c1[2H].[Pt]. The minimum absolute atomic E-state index is 0. The predicted molar refractivity (Wildman–Crippen MR) is 246 cm³/mol. The summed E-state index contributed by atoms with van der Waals surface area (Å²) >= 11 is 0. The van der Waals surface area contributed by atoms with Crippen LogP contribution in [0.25, 0.3) is 83.4 Å². The molecule has 0 amide bonds. The van der Waals surface area contributed by atoms with E-state index >= 15 is 0 Å². The zero-order chi connectivity index (χ0) is 51.2. The maximum absolute atomic E-state index is 9.01. The molecular weight excluding hydrogens is 940 g/mol. The van der Waals surface area contributed by atoms with Crippen molar-refractivity contribution < 1.29 is 46.8 Å². The Hall–Kier alpha value is -7.33. The number of fused-ring (bicyclic) bond motifs is 4. The molecular formula is C56H38N4OPt-2. The average Bonchev–Trinajstić information content (AvgIpc) is 3.94.